The van der Waals surface area contributed by atoms with Crippen LogP contribution < -0.4 is 20.3 Å². The third kappa shape index (κ3) is 4.84. The molecule has 1 saturated heterocycles. The summed E-state index contributed by atoms with van der Waals surface area (Å²) in [6, 6.07) is 12.0. The van der Waals surface area contributed by atoms with Crippen LogP contribution in [-0.4, -0.2) is 48.2 Å². The van der Waals surface area contributed by atoms with Gasteiger partial charge in [-0.2, -0.15) is 18.4 Å². The number of alkyl halides is 3. The summed E-state index contributed by atoms with van der Waals surface area (Å²) in [4.78, 5) is 26.0. The zero-order valence-electron chi connectivity index (χ0n) is 22.2. The molecule has 2 N–H and O–H groups in total. The first kappa shape index (κ1) is 27.4. The van der Waals surface area contributed by atoms with Crippen LogP contribution in [0.5, 0.6) is 5.88 Å². The zero-order chi connectivity index (χ0) is 28.7. The summed E-state index contributed by atoms with van der Waals surface area (Å²) in [5.41, 5.74) is 7.48. The minimum absolute atomic E-state index is 0.0146. The first-order chi connectivity index (χ1) is 19.1. The van der Waals surface area contributed by atoms with E-state index in [4.69, 9.17) is 15.5 Å². The van der Waals surface area contributed by atoms with Gasteiger partial charge in [0.15, 0.2) is 0 Å². The van der Waals surface area contributed by atoms with Gasteiger partial charge in [-0.15, -0.1) is 0 Å². The molecular formula is C29H29F3N6O2. The van der Waals surface area contributed by atoms with Crippen LogP contribution in [0.15, 0.2) is 48.7 Å². The van der Waals surface area contributed by atoms with Gasteiger partial charge in [-0.1, -0.05) is 6.07 Å². The van der Waals surface area contributed by atoms with E-state index >= 15 is 0 Å². The van der Waals surface area contributed by atoms with Crippen molar-refractivity contribution in [2.75, 3.05) is 36.0 Å². The van der Waals surface area contributed by atoms with E-state index in [9.17, 15) is 23.2 Å². The lowest BCUT2D eigenvalue weighted by Crippen LogP contribution is -2.48. The molecule has 1 amide bonds. The van der Waals surface area contributed by atoms with Crippen molar-refractivity contribution in [2.24, 2.45) is 5.73 Å². The van der Waals surface area contributed by atoms with Gasteiger partial charge >= 0.3 is 6.18 Å². The molecule has 1 fully saturated rings. The number of hydrogen-bond acceptors (Lipinski definition) is 7. The topological polar surface area (TPSA) is 108 Å². The largest absolute Gasteiger partial charge is 0.477 e. The second kappa shape index (κ2) is 10.4. The Kier molecular flexibility index (Phi) is 7.14. The first-order valence-corrected chi connectivity index (χ1v) is 13.1. The highest BCUT2D eigenvalue weighted by atomic mass is 19.4. The lowest BCUT2D eigenvalue weighted by molar-refractivity contribution is -0.137. The molecule has 208 valence electrons. The minimum Gasteiger partial charge on any atom is -0.477 e. The highest BCUT2D eigenvalue weighted by Gasteiger charge is 2.48. The number of ether oxygens (including phenoxy) is 1. The third-order valence-corrected chi connectivity index (χ3v) is 7.65. The Labute approximate surface area is 230 Å². The van der Waals surface area contributed by atoms with Crippen LogP contribution in [0.25, 0.3) is 11.3 Å². The number of nitrogens with zero attached hydrogens (tertiary/aromatic N) is 5. The molecule has 1 aromatic carbocycles. The van der Waals surface area contributed by atoms with E-state index in [1.54, 1.807) is 24.1 Å². The molecule has 0 radical (unpaired) electrons. The normalized spacial score (nSPS) is 16.9. The van der Waals surface area contributed by atoms with Gasteiger partial charge in [0.1, 0.15) is 11.9 Å². The second-order valence-corrected chi connectivity index (χ2v) is 10.2. The van der Waals surface area contributed by atoms with E-state index in [1.165, 1.54) is 6.07 Å². The van der Waals surface area contributed by atoms with Crippen LogP contribution in [0.2, 0.25) is 0 Å². The fraction of sp³-hybridized carbons (Fsp3) is 0.379. The molecule has 2 aromatic heterocycles. The SMILES string of the molecule is CCOc1ncccc1-c1ccc2c(n1)N(C(=O)[C@@H](C)N)CC21CCN(c2ccc(C(F)(F)F)cc2C#N)CC1. The number of rotatable bonds is 5. The summed E-state index contributed by atoms with van der Waals surface area (Å²) in [7, 11) is 0. The molecule has 0 aliphatic carbocycles. The van der Waals surface area contributed by atoms with E-state index in [0.717, 1.165) is 17.7 Å². The Morgan fingerprint density at radius 3 is 2.62 bits per heavy atom. The Morgan fingerprint density at radius 2 is 1.98 bits per heavy atom. The molecule has 2 aliphatic heterocycles. The third-order valence-electron chi connectivity index (χ3n) is 7.65. The number of halogens is 3. The molecule has 2 aliphatic rings. The molecule has 1 atom stereocenters. The maximum absolute atomic E-state index is 13.2. The average molecular weight is 551 g/mol. The van der Waals surface area contributed by atoms with Gasteiger partial charge in [0, 0.05) is 36.8 Å². The van der Waals surface area contributed by atoms with Gasteiger partial charge in [0.2, 0.25) is 11.8 Å². The van der Waals surface area contributed by atoms with E-state index < -0.39 is 23.2 Å². The number of anilines is 2. The van der Waals surface area contributed by atoms with Crippen LogP contribution >= 0.6 is 0 Å². The van der Waals surface area contributed by atoms with Gasteiger partial charge in [-0.25, -0.2) is 9.97 Å². The molecule has 0 bridgehead atoms. The fourth-order valence-corrected chi connectivity index (χ4v) is 5.63. The Bertz CT molecular complexity index is 1480. The lowest BCUT2D eigenvalue weighted by Gasteiger charge is -2.41. The predicted molar refractivity (Wildman–Crippen MR) is 144 cm³/mol. The number of benzene rings is 1. The smallest absolute Gasteiger partial charge is 0.416 e. The van der Waals surface area contributed by atoms with Crippen molar-refractivity contribution < 1.29 is 22.7 Å². The maximum atomic E-state index is 13.2. The van der Waals surface area contributed by atoms with Crippen LogP contribution in [0, 0.1) is 11.3 Å². The standard InChI is InChI=1S/C29H29F3N6O2/c1-3-40-26-21(5-4-12-35-26)23-8-7-22-25(36-23)38(27(39)18(2)34)17-28(22)10-13-37(14-11-28)24-9-6-20(29(30,31)32)15-19(24)16-33/h4-9,12,15,18H,3,10-11,13-14,17,34H2,1-2H3/t18-/m1/s1. The number of hydrogen-bond donors (Lipinski definition) is 1. The number of aromatic nitrogens is 2. The predicted octanol–water partition coefficient (Wildman–Crippen LogP) is 4.66. The number of fused-ring (bicyclic) bond motifs is 2. The number of amides is 1. The molecule has 8 nitrogen and oxygen atoms in total. The molecule has 40 heavy (non-hydrogen) atoms. The average Bonchev–Trinajstić information content (AvgIpc) is 3.25. The summed E-state index contributed by atoms with van der Waals surface area (Å²) in [5.74, 6) is 0.760. The monoisotopic (exact) mass is 550 g/mol. The molecular weight excluding hydrogens is 521 g/mol. The van der Waals surface area contributed by atoms with Crippen LogP contribution in [-0.2, 0) is 16.4 Å². The van der Waals surface area contributed by atoms with Crippen molar-refractivity contribution in [1.29, 1.82) is 5.26 Å². The molecule has 0 saturated carbocycles. The molecule has 4 heterocycles. The first-order valence-electron chi connectivity index (χ1n) is 13.1. The molecule has 1 spiro atoms. The van der Waals surface area contributed by atoms with E-state index in [-0.39, 0.29) is 11.5 Å². The van der Waals surface area contributed by atoms with Crippen molar-refractivity contribution in [3.8, 4) is 23.2 Å². The fourth-order valence-electron chi connectivity index (χ4n) is 5.63. The van der Waals surface area contributed by atoms with E-state index in [1.807, 2.05) is 36.1 Å². The van der Waals surface area contributed by atoms with Crippen molar-refractivity contribution in [1.82, 2.24) is 9.97 Å². The van der Waals surface area contributed by atoms with Crippen molar-refractivity contribution in [3.63, 3.8) is 0 Å². The maximum Gasteiger partial charge on any atom is 0.416 e. The zero-order valence-corrected chi connectivity index (χ0v) is 22.2. The molecule has 5 rings (SSSR count). The minimum atomic E-state index is -4.52. The van der Waals surface area contributed by atoms with Crippen LogP contribution in [0.3, 0.4) is 0 Å². The molecule has 3 aromatic rings. The Hall–Kier alpha value is -4.17. The quantitative estimate of drug-likeness (QED) is 0.492. The summed E-state index contributed by atoms with van der Waals surface area (Å²) in [6.45, 7) is 5.35. The number of nitriles is 1. The number of nitrogens with two attached hydrogens (primary N) is 1. The van der Waals surface area contributed by atoms with Gasteiger partial charge in [-0.3, -0.25) is 9.69 Å². The summed E-state index contributed by atoms with van der Waals surface area (Å²) in [5, 5.41) is 9.57. The Morgan fingerprint density at radius 1 is 1.23 bits per heavy atom. The number of carbonyl (C=O) groups is 1. The summed E-state index contributed by atoms with van der Waals surface area (Å²) < 4.78 is 45.3. The number of piperidine rings is 1. The van der Waals surface area contributed by atoms with Crippen molar-refractivity contribution >= 4 is 17.4 Å². The summed E-state index contributed by atoms with van der Waals surface area (Å²) >= 11 is 0. The lowest BCUT2D eigenvalue weighted by atomic mass is 9.74. The molecule has 11 heteroatoms. The van der Waals surface area contributed by atoms with Gasteiger partial charge in [-0.05, 0) is 63.1 Å². The van der Waals surface area contributed by atoms with Crippen molar-refractivity contribution in [3.05, 3.63) is 65.4 Å². The number of pyridine rings is 2. The van der Waals surface area contributed by atoms with Gasteiger partial charge in [0.25, 0.3) is 0 Å². The highest BCUT2D eigenvalue weighted by molar-refractivity contribution is 5.98. The Balaban J connectivity index is 1.48. The van der Waals surface area contributed by atoms with Crippen molar-refractivity contribution in [2.45, 2.75) is 44.3 Å². The van der Waals surface area contributed by atoms with Gasteiger partial charge in [0.05, 0.1) is 40.7 Å². The highest BCUT2D eigenvalue weighted by Crippen LogP contribution is 2.48. The molecule has 0 unspecified atom stereocenters. The van der Waals surface area contributed by atoms with Crippen LogP contribution in [0.4, 0.5) is 24.7 Å². The van der Waals surface area contributed by atoms with E-state index in [0.29, 0.717) is 67.7 Å². The summed E-state index contributed by atoms with van der Waals surface area (Å²) in [6.07, 6.45) is -1.64. The van der Waals surface area contributed by atoms with Gasteiger partial charge < -0.3 is 15.4 Å². The van der Waals surface area contributed by atoms with E-state index in [2.05, 4.69) is 4.98 Å². The van der Waals surface area contributed by atoms with Crippen LogP contribution in [0.1, 0.15) is 43.4 Å². The number of carbonyl (C=O) groups excluding carboxylic acids is 1. The second-order valence-electron chi connectivity index (χ2n) is 10.2.